The first-order chi connectivity index (χ1) is 8.72. The van der Waals surface area contributed by atoms with Gasteiger partial charge in [-0.2, -0.15) is 0 Å². The molecule has 0 saturated heterocycles. The zero-order valence-corrected chi connectivity index (χ0v) is 12.8. The molecule has 1 atom stereocenters. The molecule has 1 aromatic rings. The van der Waals surface area contributed by atoms with Gasteiger partial charge in [0.05, 0.1) is 5.69 Å². The van der Waals surface area contributed by atoms with Crippen LogP contribution in [0.2, 0.25) is 0 Å². The molecule has 0 aliphatic rings. The van der Waals surface area contributed by atoms with E-state index in [2.05, 4.69) is 4.72 Å². The van der Waals surface area contributed by atoms with E-state index in [4.69, 9.17) is 5.73 Å². The van der Waals surface area contributed by atoms with Crippen molar-refractivity contribution in [1.82, 2.24) is 9.62 Å². The van der Waals surface area contributed by atoms with E-state index in [1.165, 1.54) is 0 Å². The summed E-state index contributed by atoms with van der Waals surface area (Å²) in [6.45, 7) is 4.55. The molecule has 0 aliphatic carbocycles. The number of anilines is 1. The molecule has 0 radical (unpaired) electrons. The third-order valence-corrected chi connectivity index (χ3v) is 4.48. The van der Waals surface area contributed by atoms with Gasteiger partial charge in [-0.25, -0.2) is 13.1 Å². The Bertz CT molecular complexity index is 527. The van der Waals surface area contributed by atoms with Crippen LogP contribution >= 0.6 is 0 Å². The van der Waals surface area contributed by atoms with E-state index in [1.807, 2.05) is 32.8 Å². The van der Waals surface area contributed by atoms with Gasteiger partial charge in [-0.3, -0.25) is 0 Å². The smallest absolute Gasteiger partial charge is 0.242 e. The van der Waals surface area contributed by atoms with Gasteiger partial charge in [0, 0.05) is 6.04 Å². The van der Waals surface area contributed by atoms with Crippen molar-refractivity contribution in [2.75, 3.05) is 26.4 Å². The number of nitrogens with two attached hydrogens (primary N) is 1. The number of hydrogen-bond donors (Lipinski definition) is 2. The van der Waals surface area contributed by atoms with Gasteiger partial charge in [-0.1, -0.05) is 6.07 Å². The van der Waals surface area contributed by atoms with Gasteiger partial charge in [0.25, 0.3) is 0 Å². The van der Waals surface area contributed by atoms with Gasteiger partial charge in [0.1, 0.15) is 4.90 Å². The van der Waals surface area contributed by atoms with Crippen molar-refractivity contribution in [1.29, 1.82) is 0 Å². The highest BCUT2D eigenvalue weighted by atomic mass is 32.2. The van der Waals surface area contributed by atoms with Gasteiger partial charge >= 0.3 is 0 Å². The highest BCUT2D eigenvalue weighted by molar-refractivity contribution is 7.89. The van der Waals surface area contributed by atoms with Crippen molar-refractivity contribution >= 4 is 15.7 Å². The number of benzene rings is 1. The molecule has 0 amide bonds. The quantitative estimate of drug-likeness (QED) is 0.770. The van der Waals surface area contributed by atoms with Crippen molar-refractivity contribution in [3.8, 4) is 0 Å². The number of nitrogen functional groups attached to an aromatic ring is 1. The zero-order valence-electron chi connectivity index (χ0n) is 12.0. The lowest BCUT2D eigenvalue weighted by Crippen LogP contribution is -2.35. The van der Waals surface area contributed by atoms with E-state index >= 15 is 0 Å². The molecule has 108 valence electrons. The van der Waals surface area contributed by atoms with Gasteiger partial charge in [-0.05, 0) is 58.6 Å². The molecule has 3 N–H and O–H groups in total. The van der Waals surface area contributed by atoms with E-state index in [0.29, 0.717) is 0 Å². The van der Waals surface area contributed by atoms with Crippen LogP contribution < -0.4 is 10.5 Å². The fourth-order valence-corrected chi connectivity index (χ4v) is 3.14. The lowest BCUT2D eigenvalue weighted by Gasteiger charge is -2.17. The third-order valence-electron chi connectivity index (χ3n) is 2.82. The summed E-state index contributed by atoms with van der Waals surface area (Å²) in [5.74, 6) is 0. The average Bonchev–Trinajstić information content (AvgIpc) is 2.25. The molecule has 1 aromatic carbocycles. The molecule has 1 rings (SSSR count). The van der Waals surface area contributed by atoms with E-state index in [-0.39, 0.29) is 16.6 Å². The van der Waals surface area contributed by atoms with Crippen LogP contribution in [0.5, 0.6) is 0 Å². The molecule has 1 unspecified atom stereocenters. The van der Waals surface area contributed by atoms with Crippen molar-refractivity contribution in [3.63, 3.8) is 0 Å². The normalized spacial score (nSPS) is 13.7. The maximum absolute atomic E-state index is 12.2. The Hall–Kier alpha value is -1.11. The van der Waals surface area contributed by atoms with Crippen LogP contribution in [-0.2, 0) is 10.0 Å². The molecule has 19 heavy (non-hydrogen) atoms. The summed E-state index contributed by atoms with van der Waals surface area (Å²) >= 11 is 0. The monoisotopic (exact) mass is 285 g/mol. The molecule has 0 spiro atoms. The first-order valence-electron chi connectivity index (χ1n) is 6.25. The Morgan fingerprint density at radius 2 is 2.00 bits per heavy atom. The van der Waals surface area contributed by atoms with Crippen molar-refractivity contribution < 1.29 is 8.42 Å². The fraction of sp³-hybridized carbons (Fsp3) is 0.538. The minimum absolute atomic E-state index is 0.131. The Labute approximate surface area is 115 Å². The third kappa shape index (κ3) is 4.81. The Kier molecular flexibility index (Phi) is 5.34. The molecule has 0 heterocycles. The summed E-state index contributed by atoms with van der Waals surface area (Å²) in [5.41, 5.74) is 7.00. The maximum Gasteiger partial charge on any atom is 0.242 e. The lowest BCUT2D eigenvalue weighted by molar-refractivity contribution is 0.379. The van der Waals surface area contributed by atoms with Crippen LogP contribution in [0.15, 0.2) is 23.1 Å². The first kappa shape index (κ1) is 15.9. The summed E-state index contributed by atoms with van der Waals surface area (Å²) in [7, 11) is 0.367. The highest BCUT2D eigenvalue weighted by Crippen LogP contribution is 2.19. The maximum atomic E-state index is 12.2. The van der Waals surface area contributed by atoms with Gasteiger partial charge in [0.2, 0.25) is 10.0 Å². The van der Waals surface area contributed by atoms with E-state index in [0.717, 1.165) is 18.5 Å². The molecule has 0 bridgehead atoms. The number of aryl methyl sites for hydroxylation is 1. The number of hydrogen-bond acceptors (Lipinski definition) is 4. The van der Waals surface area contributed by atoms with Gasteiger partial charge in [-0.15, -0.1) is 0 Å². The molecule has 5 nitrogen and oxygen atoms in total. The molecular weight excluding hydrogens is 262 g/mol. The Balaban J connectivity index is 2.81. The highest BCUT2D eigenvalue weighted by Gasteiger charge is 2.19. The van der Waals surface area contributed by atoms with Gasteiger partial charge < -0.3 is 10.6 Å². The van der Waals surface area contributed by atoms with Gasteiger partial charge in [0.15, 0.2) is 0 Å². The number of nitrogens with zero attached hydrogens (tertiary/aromatic N) is 1. The van der Waals surface area contributed by atoms with Crippen molar-refractivity contribution in [2.45, 2.75) is 31.2 Å². The minimum Gasteiger partial charge on any atom is -0.398 e. The second-order valence-corrected chi connectivity index (χ2v) is 6.84. The fourth-order valence-electron chi connectivity index (χ4n) is 1.75. The van der Waals surface area contributed by atoms with Crippen molar-refractivity contribution in [3.05, 3.63) is 23.8 Å². The standard InChI is InChI=1S/C13H23N3O2S/c1-10-5-6-13(12(14)9-10)19(17,18)15-11(2)7-8-16(3)4/h5-6,9,11,15H,7-8,14H2,1-4H3. The van der Waals surface area contributed by atoms with Crippen LogP contribution in [0, 0.1) is 6.92 Å². The van der Waals surface area contributed by atoms with E-state index < -0.39 is 10.0 Å². The second-order valence-electron chi connectivity index (χ2n) is 5.16. The molecule has 6 heteroatoms. The molecule has 0 fully saturated rings. The second kappa shape index (κ2) is 6.36. The summed E-state index contributed by atoms with van der Waals surface area (Å²) in [6, 6.07) is 4.83. The van der Waals surface area contributed by atoms with Crippen LogP contribution in [0.4, 0.5) is 5.69 Å². The SMILES string of the molecule is Cc1ccc(S(=O)(=O)NC(C)CCN(C)C)c(N)c1. The Morgan fingerprint density at radius 1 is 1.37 bits per heavy atom. The number of rotatable bonds is 6. The molecular formula is C13H23N3O2S. The average molecular weight is 285 g/mol. The van der Waals surface area contributed by atoms with Crippen LogP contribution in [0.1, 0.15) is 18.9 Å². The topological polar surface area (TPSA) is 75.4 Å². The van der Waals surface area contributed by atoms with Crippen LogP contribution in [-0.4, -0.2) is 40.0 Å². The Morgan fingerprint density at radius 3 is 2.53 bits per heavy atom. The lowest BCUT2D eigenvalue weighted by atomic mass is 10.2. The zero-order chi connectivity index (χ0) is 14.6. The molecule has 0 aromatic heterocycles. The summed E-state index contributed by atoms with van der Waals surface area (Å²) in [4.78, 5) is 2.17. The van der Waals surface area contributed by atoms with Crippen LogP contribution in [0.3, 0.4) is 0 Å². The summed E-state index contributed by atoms with van der Waals surface area (Å²) in [5, 5.41) is 0. The number of sulfonamides is 1. The first-order valence-corrected chi connectivity index (χ1v) is 7.74. The van der Waals surface area contributed by atoms with Crippen molar-refractivity contribution in [2.24, 2.45) is 0 Å². The van der Waals surface area contributed by atoms with E-state index in [1.54, 1.807) is 18.2 Å². The summed E-state index contributed by atoms with van der Waals surface area (Å²) < 4.78 is 27.1. The summed E-state index contributed by atoms with van der Waals surface area (Å²) in [6.07, 6.45) is 0.748. The predicted octanol–water partition coefficient (Wildman–Crippen LogP) is 1.20. The largest absolute Gasteiger partial charge is 0.398 e. The van der Waals surface area contributed by atoms with E-state index in [9.17, 15) is 8.42 Å². The predicted molar refractivity (Wildman–Crippen MR) is 78.5 cm³/mol. The van der Waals surface area contributed by atoms with Crippen LogP contribution in [0.25, 0.3) is 0 Å². The minimum atomic E-state index is -3.55. The molecule has 0 saturated carbocycles. The number of nitrogens with one attached hydrogen (secondary N) is 1. The molecule has 0 aliphatic heterocycles.